The first kappa shape index (κ1) is 14.6. The van der Waals surface area contributed by atoms with Crippen LogP contribution in [0.2, 0.25) is 0 Å². The number of rotatable bonds is 4. The Balaban J connectivity index is 2.31. The molecule has 1 rings (SSSR count). The Hall–Kier alpha value is -0.450. The smallest absolute Gasteiger partial charge is 0.356 e. The summed E-state index contributed by atoms with van der Waals surface area (Å²) >= 11 is 5.80. The zero-order valence-corrected chi connectivity index (χ0v) is 10.3. The molecule has 2 unspecified atom stereocenters. The van der Waals surface area contributed by atoms with Crippen molar-refractivity contribution in [3.8, 4) is 0 Å². The molecule has 1 amide bonds. The Morgan fingerprint density at radius 2 is 1.82 bits per heavy atom. The molecule has 1 saturated carbocycles. The maximum atomic E-state index is 11.9. The van der Waals surface area contributed by atoms with Crippen LogP contribution >= 0.6 is 11.6 Å². The molecule has 1 aliphatic rings. The van der Waals surface area contributed by atoms with Gasteiger partial charge in [-0.05, 0) is 24.7 Å². The van der Waals surface area contributed by atoms with Gasteiger partial charge in [0.15, 0.2) is 0 Å². The summed E-state index contributed by atoms with van der Waals surface area (Å²) in [4.78, 5) is 11.0. The van der Waals surface area contributed by atoms with E-state index in [4.69, 9.17) is 11.6 Å². The number of nitrogens with one attached hydrogen (secondary N) is 1. The third kappa shape index (κ3) is 5.61. The van der Waals surface area contributed by atoms with Crippen LogP contribution in [0.25, 0.3) is 0 Å². The molecule has 0 spiro atoms. The van der Waals surface area contributed by atoms with Crippen molar-refractivity contribution in [2.45, 2.75) is 38.3 Å². The molecule has 0 heterocycles. The lowest BCUT2D eigenvalue weighted by molar-refractivity contribution is -0.153. The second kappa shape index (κ2) is 6.47. The van der Waals surface area contributed by atoms with Gasteiger partial charge < -0.3 is 5.32 Å². The lowest BCUT2D eigenvalue weighted by Crippen LogP contribution is -2.36. The summed E-state index contributed by atoms with van der Waals surface area (Å²) in [5.74, 6) is 0.103. The summed E-state index contributed by atoms with van der Waals surface area (Å²) in [5.41, 5.74) is 0. The number of carbonyl (C=O) groups is 1. The van der Waals surface area contributed by atoms with Gasteiger partial charge in [-0.15, -0.1) is 11.6 Å². The first-order chi connectivity index (χ1) is 7.92. The van der Waals surface area contributed by atoms with Crippen LogP contribution in [0.5, 0.6) is 0 Å². The molecule has 0 radical (unpaired) electrons. The SMILES string of the molecule is O=C(CC(F)(F)F)NCC1CCCCC1CCl. The lowest BCUT2D eigenvalue weighted by atomic mass is 9.80. The summed E-state index contributed by atoms with van der Waals surface area (Å²) in [5, 5.41) is 2.36. The largest absolute Gasteiger partial charge is 0.397 e. The molecule has 1 aliphatic carbocycles. The number of halogens is 4. The van der Waals surface area contributed by atoms with Crippen molar-refractivity contribution in [1.82, 2.24) is 5.32 Å². The van der Waals surface area contributed by atoms with Gasteiger partial charge in [0.2, 0.25) is 5.91 Å². The van der Waals surface area contributed by atoms with Crippen molar-refractivity contribution < 1.29 is 18.0 Å². The monoisotopic (exact) mass is 271 g/mol. The second-order valence-corrected chi connectivity index (χ2v) is 4.86. The quantitative estimate of drug-likeness (QED) is 0.782. The Morgan fingerprint density at radius 1 is 1.24 bits per heavy atom. The van der Waals surface area contributed by atoms with Crippen molar-refractivity contribution in [3.63, 3.8) is 0 Å². The summed E-state index contributed by atoms with van der Waals surface area (Å²) < 4.78 is 35.8. The molecule has 1 fully saturated rings. The van der Waals surface area contributed by atoms with Crippen LogP contribution in [0.3, 0.4) is 0 Å². The average molecular weight is 272 g/mol. The number of hydrogen-bond acceptors (Lipinski definition) is 1. The van der Waals surface area contributed by atoms with Crippen LogP contribution in [0.15, 0.2) is 0 Å². The van der Waals surface area contributed by atoms with Crippen molar-refractivity contribution >= 4 is 17.5 Å². The fourth-order valence-electron chi connectivity index (χ4n) is 2.25. The highest BCUT2D eigenvalue weighted by molar-refractivity contribution is 6.18. The van der Waals surface area contributed by atoms with Gasteiger partial charge in [-0.1, -0.05) is 12.8 Å². The highest BCUT2D eigenvalue weighted by Gasteiger charge is 2.32. The van der Waals surface area contributed by atoms with Crippen molar-refractivity contribution in [3.05, 3.63) is 0 Å². The molecule has 17 heavy (non-hydrogen) atoms. The molecule has 0 aromatic carbocycles. The summed E-state index contributed by atoms with van der Waals surface area (Å²) in [6, 6.07) is 0. The minimum atomic E-state index is -4.43. The van der Waals surface area contributed by atoms with E-state index in [1.165, 1.54) is 0 Å². The standard InChI is InChI=1S/C11H17ClF3NO/c12-6-8-3-1-2-4-9(8)7-16-10(17)5-11(13,14)15/h8-9H,1-7H2,(H,16,17). The second-order valence-electron chi connectivity index (χ2n) is 4.55. The Labute approximate surface area is 104 Å². The third-order valence-corrected chi connectivity index (χ3v) is 3.58. The van der Waals surface area contributed by atoms with Gasteiger partial charge in [-0.25, -0.2) is 0 Å². The van der Waals surface area contributed by atoms with Crippen molar-refractivity contribution in [1.29, 1.82) is 0 Å². The predicted molar refractivity (Wildman–Crippen MR) is 59.8 cm³/mol. The molecule has 6 heteroatoms. The minimum absolute atomic E-state index is 0.221. The molecule has 2 nitrogen and oxygen atoms in total. The van der Waals surface area contributed by atoms with E-state index >= 15 is 0 Å². The van der Waals surface area contributed by atoms with E-state index in [9.17, 15) is 18.0 Å². The zero-order valence-electron chi connectivity index (χ0n) is 9.52. The highest BCUT2D eigenvalue weighted by atomic mass is 35.5. The Bertz CT molecular complexity index is 258. The molecule has 1 N–H and O–H groups in total. The van der Waals surface area contributed by atoms with Crippen LogP contribution in [0, 0.1) is 11.8 Å². The number of alkyl halides is 4. The summed E-state index contributed by atoms with van der Waals surface area (Å²) in [6.45, 7) is 0.312. The van der Waals surface area contributed by atoms with Crippen LogP contribution in [0.4, 0.5) is 13.2 Å². The fourth-order valence-corrected chi connectivity index (χ4v) is 2.65. The normalized spacial score (nSPS) is 25.6. The van der Waals surface area contributed by atoms with Crippen LogP contribution < -0.4 is 5.32 Å². The molecule has 2 atom stereocenters. The third-order valence-electron chi connectivity index (χ3n) is 3.19. The molecule has 100 valence electrons. The van der Waals surface area contributed by atoms with Gasteiger partial charge in [0.1, 0.15) is 6.42 Å². The van der Waals surface area contributed by atoms with E-state index in [1.54, 1.807) is 0 Å². The minimum Gasteiger partial charge on any atom is -0.356 e. The topological polar surface area (TPSA) is 29.1 Å². The summed E-state index contributed by atoms with van der Waals surface area (Å²) in [6.07, 6.45) is -1.71. The molecule has 0 bridgehead atoms. The predicted octanol–water partition coefficient (Wildman–Crippen LogP) is 3.10. The van der Waals surface area contributed by atoms with E-state index < -0.39 is 18.5 Å². The number of amides is 1. The van der Waals surface area contributed by atoms with E-state index in [0.717, 1.165) is 25.7 Å². The Kier molecular flexibility index (Phi) is 5.56. The van der Waals surface area contributed by atoms with Gasteiger partial charge in [-0.2, -0.15) is 13.2 Å². The zero-order chi connectivity index (χ0) is 12.9. The fraction of sp³-hybridized carbons (Fsp3) is 0.909. The van der Waals surface area contributed by atoms with Gasteiger partial charge in [-0.3, -0.25) is 4.79 Å². The molecule has 0 aromatic rings. The van der Waals surface area contributed by atoms with Crippen LogP contribution in [0.1, 0.15) is 32.1 Å². The van der Waals surface area contributed by atoms with Crippen molar-refractivity contribution in [2.24, 2.45) is 11.8 Å². The summed E-state index contributed by atoms with van der Waals surface area (Å²) in [7, 11) is 0. The van der Waals surface area contributed by atoms with Crippen molar-refractivity contribution in [2.75, 3.05) is 12.4 Å². The first-order valence-electron chi connectivity index (χ1n) is 5.82. The Morgan fingerprint density at radius 3 is 2.35 bits per heavy atom. The molecular weight excluding hydrogens is 255 g/mol. The number of carbonyl (C=O) groups excluding carboxylic acids is 1. The maximum Gasteiger partial charge on any atom is 0.397 e. The molecule has 0 saturated heterocycles. The van der Waals surface area contributed by atoms with Gasteiger partial charge in [0, 0.05) is 12.4 Å². The van der Waals surface area contributed by atoms with E-state index in [2.05, 4.69) is 5.32 Å². The average Bonchev–Trinajstić information content (AvgIpc) is 2.24. The van der Waals surface area contributed by atoms with Gasteiger partial charge >= 0.3 is 6.18 Å². The highest BCUT2D eigenvalue weighted by Crippen LogP contribution is 2.30. The van der Waals surface area contributed by atoms with Gasteiger partial charge in [0.25, 0.3) is 0 Å². The maximum absolute atomic E-state index is 11.9. The van der Waals surface area contributed by atoms with E-state index in [1.807, 2.05) is 0 Å². The molecule has 0 aromatic heterocycles. The van der Waals surface area contributed by atoms with Crippen LogP contribution in [-0.2, 0) is 4.79 Å². The molecular formula is C11H17ClF3NO. The van der Waals surface area contributed by atoms with Gasteiger partial charge in [0.05, 0.1) is 0 Å². The van der Waals surface area contributed by atoms with E-state index in [0.29, 0.717) is 18.3 Å². The van der Waals surface area contributed by atoms with E-state index in [-0.39, 0.29) is 5.92 Å². The van der Waals surface area contributed by atoms with Crippen LogP contribution in [-0.4, -0.2) is 24.5 Å². The first-order valence-corrected chi connectivity index (χ1v) is 6.35. The lowest BCUT2D eigenvalue weighted by Gasteiger charge is -2.30. The number of hydrogen-bond donors (Lipinski definition) is 1. The molecule has 0 aliphatic heterocycles.